The maximum absolute atomic E-state index is 7.95. The van der Waals surface area contributed by atoms with Gasteiger partial charge >= 0.3 is 0 Å². The molecule has 1 aromatic carbocycles. The quantitative estimate of drug-likeness (QED) is 0.612. The average molecular weight is 173 g/mol. The summed E-state index contributed by atoms with van der Waals surface area (Å²) >= 11 is 0. The zero-order valence-electron chi connectivity index (χ0n) is 12.6. The van der Waals surface area contributed by atoms with Crippen molar-refractivity contribution in [3.63, 3.8) is 0 Å². The highest BCUT2D eigenvalue weighted by Crippen LogP contribution is 2.17. The second kappa shape index (κ2) is 4.09. The first-order valence-corrected chi connectivity index (χ1v) is 3.40. The average Bonchev–Trinajstić information content (AvgIpc) is 2.37. The highest BCUT2D eigenvalue weighted by Gasteiger charge is 2.05. The van der Waals surface area contributed by atoms with Crippen molar-refractivity contribution in [1.29, 1.82) is 2.86 Å². The predicted molar refractivity (Wildman–Crippen MR) is 47.0 cm³/mol. The lowest BCUT2D eigenvalue weighted by molar-refractivity contribution is 0.177. The number of phenols is 1. The molecule has 1 aromatic rings. The molecule has 0 aliphatic rings. The molecule has 0 fully saturated rings. The van der Waals surface area contributed by atoms with Gasteiger partial charge in [-0.2, -0.15) is 0 Å². The molecule has 0 bridgehead atoms. The molecule has 66 valence electrons. The number of nitrogens with one attached hydrogen (secondary N) is 1. The van der Waals surface area contributed by atoms with Crippen molar-refractivity contribution < 1.29 is 15.7 Å². The summed E-state index contributed by atoms with van der Waals surface area (Å²) in [6.45, 7) is -2.56. The number of hydrogen-bond acceptors (Lipinski definition) is 3. The number of rotatable bonds is 5. The van der Waals surface area contributed by atoms with Crippen molar-refractivity contribution in [2.75, 3.05) is 13.5 Å². The zero-order chi connectivity index (χ0) is 14.0. The number of aliphatic hydroxyl groups is 1. The van der Waals surface area contributed by atoms with Gasteiger partial charge in [0, 0.05) is 9.24 Å². The first-order valence-electron chi connectivity index (χ1n) is 6.16. The van der Waals surface area contributed by atoms with E-state index in [1.165, 1.54) is 24.3 Å². The van der Waals surface area contributed by atoms with E-state index in [1.54, 1.807) is 0 Å². The fourth-order valence-corrected chi connectivity index (χ4v) is 0.803. The first-order chi connectivity index (χ1) is 8.29. The lowest BCUT2D eigenvalue weighted by Crippen LogP contribution is -2.16. The standard InChI is InChI=1S/C9H13NO2/c1-10-6-9(12)7-3-2-4-8(11)5-7/h2-5,9-12H,6H2,1H3/t9-/m1/s1/i6D2,9D,12D/hD2. The first kappa shape index (κ1) is 3.77. The van der Waals surface area contributed by atoms with Crippen LogP contribution in [0.25, 0.3) is 0 Å². The smallest absolute Gasteiger partial charge is 0.293 e. The fraction of sp³-hybridized carbons (Fsp3) is 0.333. The molecule has 0 spiro atoms. The Morgan fingerprint density at radius 3 is 3.50 bits per heavy atom. The van der Waals surface area contributed by atoms with E-state index in [1.807, 2.05) is 0 Å². The normalized spacial score (nSPS) is 23.8. The van der Waals surface area contributed by atoms with Crippen molar-refractivity contribution in [2.24, 2.45) is 0 Å². The third kappa shape index (κ3) is 2.22. The number of likely N-dealkylation sites (N-methyl/N-ethyl adjacent to an activating group) is 1. The number of phenolic OH excluding ortho intramolecular Hbond substituents is 1. The Hall–Kier alpha value is -1.06. The van der Waals surface area contributed by atoms with E-state index in [2.05, 4.69) is 10.2 Å². The molecule has 3 nitrogen and oxygen atoms in total. The van der Waals surface area contributed by atoms with Crippen LogP contribution in [0.15, 0.2) is 24.3 Å². The van der Waals surface area contributed by atoms with Gasteiger partial charge in [0.1, 0.15) is 7.16 Å². The Labute approximate surface area is 80.3 Å². The van der Waals surface area contributed by atoms with Crippen LogP contribution >= 0.6 is 0 Å². The summed E-state index contributed by atoms with van der Waals surface area (Å²) in [7, 11) is 1.12. The van der Waals surface area contributed by atoms with E-state index in [4.69, 9.17) is 8.39 Å². The van der Waals surface area contributed by atoms with E-state index in [-0.39, 0.29) is 11.3 Å². The molecule has 0 saturated carbocycles. The predicted octanol–water partition coefficient (Wildman–Crippen LogP) is 0.645. The highest BCUT2D eigenvalue weighted by molar-refractivity contribution is 5.28. The lowest BCUT2D eigenvalue weighted by atomic mass is 10.1. The van der Waals surface area contributed by atoms with Crippen molar-refractivity contribution in [3.05, 3.63) is 29.8 Å². The Morgan fingerprint density at radius 1 is 1.92 bits per heavy atom. The van der Waals surface area contributed by atoms with Crippen molar-refractivity contribution >= 4 is 0 Å². The van der Waals surface area contributed by atoms with Gasteiger partial charge in [-0.25, -0.2) is 0 Å². The molecular weight excluding hydrogens is 154 g/mol. The highest BCUT2D eigenvalue weighted by atomic mass is 16.3. The van der Waals surface area contributed by atoms with Gasteiger partial charge in [-0.05, 0) is 24.7 Å². The van der Waals surface area contributed by atoms with Gasteiger partial charge in [0.05, 0.1) is 7.45 Å². The molecule has 0 unspecified atom stereocenters. The molecule has 1 atom stereocenters. The van der Waals surface area contributed by atoms with Gasteiger partial charge in [-0.15, -0.1) is 0 Å². The molecule has 12 heavy (non-hydrogen) atoms. The van der Waals surface area contributed by atoms with Gasteiger partial charge in [0.15, 0.2) is 0 Å². The molecule has 0 radical (unpaired) electrons. The van der Waals surface area contributed by atoms with Crippen LogP contribution in [0.5, 0.6) is 5.75 Å². The molecule has 0 aliphatic heterocycles. The SMILES string of the molecule is [2H]Oc1cccc([C@]([2H])(O[2H])C([2H])([2H])N([2H])C)c1. The maximum atomic E-state index is 7.95. The van der Waals surface area contributed by atoms with Crippen molar-refractivity contribution in [2.45, 2.75) is 6.08 Å². The van der Waals surface area contributed by atoms with Crippen molar-refractivity contribution in [3.8, 4) is 5.75 Å². The summed E-state index contributed by atoms with van der Waals surface area (Å²) in [5.41, 5.74) is -0.0219. The molecule has 3 heteroatoms. The molecule has 3 N–H and O–H groups in total. The summed E-state index contributed by atoms with van der Waals surface area (Å²) in [5.74, 6) is 0.0876. The van der Waals surface area contributed by atoms with Crippen LogP contribution < -0.4 is 5.31 Å². The van der Waals surface area contributed by atoms with Crippen LogP contribution in [-0.2, 0) is 0 Å². The molecule has 0 amide bonds. The topological polar surface area (TPSA) is 52.5 Å². The number of benzene rings is 1. The van der Waals surface area contributed by atoms with Gasteiger partial charge in [-0.1, -0.05) is 12.1 Å². The summed E-state index contributed by atoms with van der Waals surface area (Å²) < 4.78 is 44.3. The third-order valence-electron chi connectivity index (χ3n) is 1.31. The maximum Gasteiger partial charge on any atom is 0.293 e. The van der Waals surface area contributed by atoms with Gasteiger partial charge in [0.25, 0.3) is 1.43 Å². The Kier molecular flexibility index (Phi) is 1.28. The van der Waals surface area contributed by atoms with Crippen LogP contribution in [0, 0.1) is 0 Å². The Bertz CT molecular complexity index is 416. The second-order valence-corrected chi connectivity index (χ2v) is 2.19. The number of aromatic hydroxyl groups is 1. The second-order valence-electron chi connectivity index (χ2n) is 2.19. The van der Waals surface area contributed by atoms with Crippen LogP contribution in [0.4, 0.5) is 0 Å². The summed E-state index contributed by atoms with van der Waals surface area (Å²) in [4.78, 5) is 0. The lowest BCUT2D eigenvalue weighted by Gasteiger charge is -2.09. The van der Waals surface area contributed by atoms with Crippen molar-refractivity contribution in [1.82, 2.24) is 5.31 Å². The minimum Gasteiger partial charge on any atom is -0.508 e. The summed E-state index contributed by atoms with van der Waals surface area (Å²) in [6, 6.07) is 5.48. The van der Waals surface area contributed by atoms with Crippen LogP contribution in [-0.4, -0.2) is 26.6 Å². The molecule has 0 heterocycles. The molecular formula is C9H13NO2. The van der Waals surface area contributed by atoms with Gasteiger partial charge < -0.3 is 15.5 Å². The molecule has 0 aliphatic carbocycles. The Balaban J connectivity index is 3.30. The van der Waals surface area contributed by atoms with Crippen LogP contribution in [0.3, 0.4) is 0 Å². The number of hydrogen-bond donors (Lipinski definition) is 3. The minimum atomic E-state index is -2.56. The van der Waals surface area contributed by atoms with Crippen LogP contribution in [0.2, 0.25) is 1.41 Å². The van der Waals surface area contributed by atoms with E-state index < -0.39 is 12.6 Å². The molecule has 0 aromatic heterocycles. The van der Waals surface area contributed by atoms with E-state index >= 15 is 0 Å². The minimum absolute atomic E-state index is 0.0219. The Morgan fingerprint density at radius 2 is 2.83 bits per heavy atom. The van der Waals surface area contributed by atoms with Gasteiger partial charge in [-0.3, -0.25) is 0 Å². The van der Waals surface area contributed by atoms with E-state index in [0.29, 0.717) is 5.31 Å². The molecule has 0 saturated heterocycles. The monoisotopic (exact) mass is 173 g/mol. The third-order valence-corrected chi connectivity index (χ3v) is 1.31. The van der Waals surface area contributed by atoms with Crippen LogP contribution in [0.1, 0.15) is 15.8 Å². The zero-order valence-corrected chi connectivity index (χ0v) is 6.57. The largest absolute Gasteiger partial charge is 0.508 e. The summed E-state index contributed by atoms with van der Waals surface area (Å²) in [5, 5.41) is 8.85. The van der Waals surface area contributed by atoms with E-state index in [0.717, 1.165) is 7.05 Å². The summed E-state index contributed by atoms with van der Waals surface area (Å²) in [6.07, 6.45) is -2.43. The van der Waals surface area contributed by atoms with Gasteiger partial charge in [0.2, 0.25) is 1.43 Å². The fourth-order valence-electron chi connectivity index (χ4n) is 0.803. The van der Waals surface area contributed by atoms with E-state index in [9.17, 15) is 0 Å². The molecule has 1 rings (SSSR count).